The third-order valence-corrected chi connectivity index (χ3v) is 8.97. The molecule has 0 spiro atoms. The Labute approximate surface area is 193 Å². The van der Waals surface area contributed by atoms with E-state index >= 15 is 0 Å². The first-order chi connectivity index (χ1) is 15.1. The van der Waals surface area contributed by atoms with Crippen molar-refractivity contribution in [2.24, 2.45) is 0 Å². The lowest BCUT2D eigenvalue weighted by Gasteiger charge is -2.25. The van der Waals surface area contributed by atoms with Crippen molar-refractivity contribution in [1.82, 2.24) is 0 Å². The smallest absolute Gasteiger partial charge is 0.131 e. The van der Waals surface area contributed by atoms with Gasteiger partial charge in [0.05, 0.1) is 19.8 Å². The van der Waals surface area contributed by atoms with Crippen LogP contribution in [0.25, 0.3) is 0 Å². The lowest BCUT2D eigenvalue weighted by Crippen LogP contribution is -2.25. The normalized spacial score (nSPS) is 15.9. The van der Waals surface area contributed by atoms with Crippen LogP contribution in [0, 0.1) is 6.92 Å². The zero-order valence-electron chi connectivity index (χ0n) is 17.1. The SMILES string of the molecule is Cc1cc2c(c(P(c3cc(Cl)cc4c3OCC4)c3cc(Cl)cc4c3OCC4)c1)OCC2. The molecule has 3 nitrogen and oxygen atoms in total. The van der Waals surface area contributed by atoms with Crippen LogP contribution in [0.4, 0.5) is 0 Å². The third kappa shape index (κ3) is 3.30. The van der Waals surface area contributed by atoms with E-state index in [1.54, 1.807) is 0 Å². The molecule has 0 fully saturated rings. The second-order valence-electron chi connectivity index (χ2n) is 8.23. The molecule has 0 unspecified atom stereocenters. The van der Waals surface area contributed by atoms with E-state index in [1.165, 1.54) is 27.6 Å². The minimum Gasteiger partial charge on any atom is -0.492 e. The zero-order chi connectivity index (χ0) is 21.1. The van der Waals surface area contributed by atoms with Crippen LogP contribution in [-0.2, 0) is 19.3 Å². The Balaban J connectivity index is 1.68. The molecule has 0 radical (unpaired) electrons. The van der Waals surface area contributed by atoms with Crippen LogP contribution in [0.1, 0.15) is 22.3 Å². The average Bonchev–Trinajstić information content (AvgIpc) is 3.47. The van der Waals surface area contributed by atoms with Gasteiger partial charge in [-0.25, -0.2) is 0 Å². The summed E-state index contributed by atoms with van der Waals surface area (Å²) in [5.41, 5.74) is 4.83. The summed E-state index contributed by atoms with van der Waals surface area (Å²) in [6.45, 7) is 4.22. The second-order valence-corrected chi connectivity index (χ2v) is 11.2. The molecule has 3 aliphatic rings. The molecular formula is C25H21Cl2O3P. The molecular weight excluding hydrogens is 450 g/mol. The number of fused-ring (bicyclic) bond motifs is 3. The van der Waals surface area contributed by atoms with Crippen molar-refractivity contribution < 1.29 is 14.2 Å². The second kappa shape index (κ2) is 7.59. The zero-order valence-corrected chi connectivity index (χ0v) is 19.5. The number of hydrogen-bond acceptors (Lipinski definition) is 3. The van der Waals surface area contributed by atoms with Crippen molar-refractivity contribution in [2.75, 3.05) is 19.8 Å². The van der Waals surface area contributed by atoms with Crippen LogP contribution in [0.3, 0.4) is 0 Å². The predicted molar refractivity (Wildman–Crippen MR) is 128 cm³/mol. The summed E-state index contributed by atoms with van der Waals surface area (Å²) in [5, 5.41) is 4.87. The monoisotopic (exact) mass is 470 g/mol. The Morgan fingerprint density at radius 1 is 0.613 bits per heavy atom. The highest BCUT2D eigenvalue weighted by atomic mass is 35.5. The highest BCUT2D eigenvalue weighted by Crippen LogP contribution is 2.48. The fourth-order valence-corrected chi connectivity index (χ4v) is 8.35. The number of aryl methyl sites for hydroxylation is 1. The maximum absolute atomic E-state index is 6.61. The number of benzene rings is 3. The third-order valence-electron chi connectivity index (χ3n) is 6.09. The maximum atomic E-state index is 6.61. The molecule has 0 saturated carbocycles. The van der Waals surface area contributed by atoms with Crippen LogP contribution in [0.5, 0.6) is 17.2 Å². The Morgan fingerprint density at radius 3 is 1.52 bits per heavy atom. The van der Waals surface area contributed by atoms with E-state index in [0.717, 1.165) is 57.2 Å². The average molecular weight is 471 g/mol. The van der Waals surface area contributed by atoms with Crippen molar-refractivity contribution in [1.29, 1.82) is 0 Å². The molecule has 3 heterocycles. The molecule has 3 aliphatic heterocycles. The van der Waals surface area contributed by atoms with Crippen molar-refractivity contribution >= 4 is 47.0 Å². The van der Waals surface area contributed by atoms with E-state index < -0.39 is 7.92 Å². The van der Waals surface area contributed by atoms with Gasteiger partial charge in [-0.15, -0.1) is 0 Å². The van der Waals surface area contributed by atoms with E-state index in [9.17, 15) is 0 Å². The van der Waals surface area contributed by atoms with E-state index in [0.29, 0.717) is 19.8 Å². The fourth-order valence-electron chi connectivity index (χ4n) is 4.83. The number of ether oxygens (including phenoxy) is 3. The molecule has 0 saturated heterocycles. The topological polar surface area (TPSA) is 27.7 Å². The molecule has 31 heavy (non-hydrogen) atoms. The van der Waals surface area contributed by atoms with Crippen LogP contribution in [-0.4, -0.2) is 19.8 Å². The van der Waals surface area contributed by atoms with Gasteiger partial charge in [-0.1, -0.05) is 29.3 Å². The van der Waals surface area contributed by atoms with Gasteiger partial charge >= 0.3 is 0 Å². The van der Waals surface area contributed by atoms with Crippen molar-refractivity contribution in [3.8, 4) is 17.2 Å². The van der Waals surface area contributed by atoms with Crippen LogP contribution < -0.4 is 30.1 Å². The Hall–Kier alpha value is -1.93. The minimum atomic E-state index is -1.05. The van der Waals surface area contributed by atoms with E-state index in [1.807, 2.05) is 12.1 Å². The molecule has 0 amide bonds. The summed E-state index contributed by atoms with van der Waals surface area (Å²) in [4.78, 5) is 0. The van der Waals surface area contributed by atoms with Gasteiger partial charge in [-0.05, 0) is 67.4 Å². The van der Waals surface area contributed by atoms with Gasteiger partial charge in [0.25, 0.3) is 0 Å². The first-order valence-corrected chi connectivity index (χ1v) is 12.6. The molecule has 3 aromatic carbocycles. The summed E-state index contributed by atoms with van der Waals surface area (Å²) in [6.07, 6.45) is 2.68. The maximum Gasteiger partial charge on any atom is 0.131 e. The van der Waals surface area contributed by atoms with Gasteiger partial charge < -0.3 is 14.2 Å². The van der Waals surface area contributed by atoms with E-state index in [2.05, 4.69) is 31.2 Å². The lowest BCUT2D eigenvalue weighted by molar-refractivity contribution is 0.358. The van der Waals surface area contributed by atoms with Crippen LogP contribution >= 0.6 is 31.1 Å². The fraction of sp³-hybridized carbons (Fsp3) is 0.280. The largest absolute Gasteiger partial charge is 0.492 e. The summed E-state index contributed by atoms with van der Waals surface area (Å²) in [7, 11) is -1.05. The number of rotatable bonds is 3. The van der Waals surface area contributed by atoms with Gasteiger partial charge in [0.15, 0.2) is 0 Å². The van der Waals surface area contributed by atoms with Crippen LogP contribution in [0.2, 0.25) is 10.0 Å². The van der Waals surface area contributed by atoms with Gasteiger partial charge in [0, 0.05) is 45.2 Å². The minimum absolute atomic E-state index is 0.679. The molecule has 3 aromatic rings. The summed E-state index contributed by atoms with van der Waals surface area (Å²) in [6, 6.07) is 12.7. The van der Waals surface area contributed by atoms with Gasteiger partial charge in [-0.2, -0.15) is 0 Å². The molecule has 0 bridgehead atoms. The Kier molecular flexibility index (Phi) is 4.83. The summed E-state index contributed by atoms with van der Waals surface area (Å²) >= 11 is 13.2. The van der Waals surface area contributed by atoms with Crippen molar-refractivity contribution in [3.05, 3.63) is 68.7 Å². The first-order valence-electron chi connectivity index (χ1n) is 10.6. The lowest BCUT2D eigenvalue weighted by atomic mass is 10.1. The summed E-state index contributed by atoms with van der Waals surface area (Å²) in [5.74, 6) is 2.90. The van der Waals surface area contributed by atoms with E-state index in [-0.39, 0.29) is 0 Å². The predicted octanol–water partition coefficient (Wildman–Crippen LogP) is 4.86. The first kappa shape index (κ1) is 19.7. The molecule has 0 N–H and O–H groups in total. The molecule has 0 aromatic heterocycles. The molecule has 158 valence electrons. The quantitative estimate of drug-likeness (QED) is 0.511. The Morgan fingerprint density at radius 2 is 1.03 bits per heavy atom. The summed E-state index contributed by atoms with van der Waals surface area (Å²) < 4.78 is 18.5. The highest BCUT2D eigenvalue weighted by molar-refractivity contribution is 7.80. The number of halogens is 2. The van der Waals surface area contributed by atoms with E-state index in [4.69, 9.17) is 37.4 Å². The number of hydrogen-bond donors (Lipinski definition) is 0. The molecule has 0 atom stereocenters. The molecule has 6 rings (SSSR count). The molecule has 0 aliphatic carbocycles. The van der Waals surface area contributed by atoms with Crippen LogP contribution in [0.15, 0.2) is 36.4 Å². The molecule has 6 heteroatoms. The standard InChI is InChI=1S/C25H21Cl2O3P/c1-14-8-15-2-5-28-23(15)20(9-14)31(21-12-18(26)10-16-3-6-29-24(16)21)22-13-19(27)11-17-4-7-30-25(17)22/h8-13H,2-7H2,1H3. The highest BCUT2D eigenvalue weighted by Gasteiger charge is 2.34. The van der Waals surface area contributed by atoms with Gasteiger partial charge in [0.1, 0.15) is 17.2 Å². The van der Waals surface area contributed by atoms with Gasteiger partial charge in [0.2, 0.25) is 0 Å². The Bertz CT molecular complexity index is 1070. The van der Waals surface area contributed by atoms with Crippen molar-refractivity contribution in [2.45, 2.75) is 26.2 Å². The van der Waals surface area contributed by atoms with Crippen molar-refractivity contribution in [3.63, 3.8) is 0 Å². The van der Waals surface area contributed by atoms with Gasteiger partial charge in [-0.3, -0.25) is 0 Å².